The zero-order chi connectivity index (χ0) is 40.2. The van der Waals surface area contributed by atoms with Gasteiger partial charge >= 0.3 is 28.0 Å². The molecule has 0 unspecified atom stereocenters. The molecular formula is C52H42BN5OPt. The average Bonchev–Trinajstić information content (AvgIpc) is 3.82. The molecule has 9 aromatic rings. The average molecular weight is 959 g/mol. The van der Waals surface area contributed by atoms with Crippen molar-refractivity contribution in [2.24, 2.45) is 0 Å². The van der Waals surface area contributed by atoms with Crippen LogP contribution in [0.2, 0.25) is 0 Å². The summed E-state index contributed by atoms with van der Waals surface area (Å²) in [5.41, 5.74) is 13.0. The summed E-state index contributed by atoms with van der Waals surface area (Å²) in [7, 11) is 0. The molecule has 60 heavy (non-hydrogen) atoms. The number of aromatic nitrogens is 3. The van der Waals surface area contributed by atoms with E-state index in [0.717, 1.165) is 50.6 Å². The molecule has 0 N–H and O–H groups in total. The molecule has 0 amide bonds. The van der Waals surface area contributed by atoms with Gasteiger partial charge in [0.25, 0.3) is 0 Å². The third-order valence-corrected chi connectivity index (χ3v) is 13.3. The van der Waals surface area contributed by atoms with E-state index in [1.165, 1.54) is 38.8 Å². The van der Waals surface area contributed by atoms with Crippen LogP contribution in [0.4, 0.5) is 22.9 Å². The maximum Gasteiger partial charge on any atom is 2.00 e. The van der Waals surface area contributed by atoms with Gasteiger partial charge in [-0.1, -0.05) is 146 Å². The van der Waals surface area contributed by atoms with Crippen molar-refractivity contribution in [2.75, 3.05) is 9.62 Å². The molecule has 5 heterocycles. The van der Waals surface area contributed by atoms with E-state index in [2.05, 4.69) is 183 Å². The third kappa shape index (κ3) is 5.45. The van der Waals surface area contributed by atoms with Crippen LogP contribution in [0.25, 0.3) is 38.6 Å². The minimum absolute atomic E-state index is 0. The molecule has 0 saturated heterocycles. The molecule has 11 rings (SSSR count). The van der Waals surface area contributed by atoms with Crippen LogP contribution in [0.15, 0.2) is 146 Å². The maximum absolute atomic E-state index is 6.76. The number of anilines is 4. The van der Waals surface area contributed by atoms with E-state index >= 15 is 0 Å². The zero-order valence-electron chi connectivity index (χ0n) is 34.4. The Morgan fingerprint density at radius 1 is 0.633 bits per heavy atom. The molecule has 3 aromatic heterocycles. The number of para-hydroxylation sites is 2. The van der Waals surface area contributed by atoms with Crippen LogP contribution in [-0.4, -0.2) is 21.4 Å². The summed E-state index contributed by atoms with van der Waals surface area (Å²) in [6.07, 6.45) is 1.87. The number of nitrogens with zero attached hydrogens (tertiary/aromatic N) is 5. The standard InChI is InChI=1S/C52H42BN5O.Pt/c1-33-17-13-18-34(2)45(33)53-57(36-21-11-8-12-22-36)44-27-16-30-54-50(44)58(53)37-23-14-24-38(31-37)59-39-28-29-40-41-25-15-26-43-47(41)56-48(52(5,6)51(43,3)4)46(35-19-9-7-10-20-35)55-49(56)42(40)32-39;/h7-30H,1-6H3;/q-2;+2. The summed E-state index contributed by atoms with van der Waals surface area (Å²) < 4.78 is 9.17. The van der Waals surface area contributed by atoms with Crippen LogP contribution in [-0.2, 0) is 31.9 Å². The van der Waals surface area contributed by atoms with Gasteiger partial charge in [0, 0.05) is 51.0 Å². The van der Waals surface area contributed by atoms with Crippen LogP contribution in [0.1, 0.15) is 50.1 Å². The van der Waals surface area contributed by atoms with Crippen molar-refractivity contribution in [2.45, 2.75) is 52.4 Å². The van der Waals surface area contributed by atoms with Crippen molar-refractivity contribution in [1.29, 1.82) is 0 Å². The molecule has 0 radical (unpaired) electrons. The Balaban J connectivity index is 0.00000433. The van der Waals surface area contributed by atoms with E-state index in [9.17, 15) is 0 Å². The Morgan fingerprint density at radius 3 is 2.10 bits per heavy atom. The molecule has 0 spiro atoms. The Morgan fingerprint density at radius 2 is 1.33 bits per heavy atom. The smallest absolute Gasteiger partial charge is 0.503 e. The van der Waals surface area contributed by atoms with Crippen molar-refractivity contribution in [3.8, 4) is 22.8 Å². The van der Waals surface area contributed by atoms with Gasteiger partial charge in [0.2, 0.25) is 0 Å². The predicted octanol–water partition coefficient (Wildman–Crippen LogP) is 12.0. The van der Waals surface area contributed by atoms with Gasteiger partial charge in [0.1, 0.15) is 5.82 Å². The molecule has 294 valence electrons. The molecule has 6 aromatic carbocycles. The van der Waals surface area contributed by atoms with Gasteiger partial charge in [-0.25, -0.2) is 4.98 Å². The molecule has 6 nitrogen and oxygen atoms in total. The van der Waals surface area contributed by atoms with Crippen LogP contribution in [0.3, 0.4) is 0 Å². The fraction of sp³-hybridized carbons (Fsp3) is 0.154. The van der Waals surface area contributed by atoms with Gasteiger partial charge in [-0.3, -0.25) is 4.98 Å². The molecule has 0 aliphatic carbocycles. The fourth-order valence-corrected chi connectivity index (χ4v) is 9.74. The van der Waals surface area contributed by atoms with E-state index in [1.54, 1.807) is 0 Å². The largest absolute Gasteiger partial charge is 2.00 e. The van der Waals surface area contributed by atoms with E-state index in [1.807, 2.05) is 30.5 Å². The number of aryl methyl sites for hydroxylation is 2. The summed E-state index contributed by atoms with van der Waals surface area (Å²) in [5.74, 6) is 2.05. The molecule has 2 aliphatic heterocycles. The molecule has 0 fully saturated rings. The number of hydrogen-bond acceptors (Lipinski definition) is 5. The van der Waals surface area contributed by atoms with Gasteiger partial charge < -0.3 is 18.8 Å². The zero-order valence-corrected chi connectivity index (χ0v) is 36.7. The van der Waals surface area contributed by atoms with E-state index in [4.69, 9.17) is 14.7 Å². The Hall–Kier alpha value is -6.17. The van der Waals surface area contributed by atoms with Crippen molar-refractivity contribution in [1.82, 2.24) is 14.4 Å². The monoisotopic (exact) mass is 958 g/mol. The first-order valence-corrected chi connectivity index (χ1v) is 20.4. The summed E-state index contributed by atoms with van der Waals surface area (Å²) in [6.45, 7) is 13.6. The van der Waals surface area contributed by atoms with Crippen LogP contribution < -0.4 is 19.8 Å². The van der Waals surface area contributed by atoms with Crippen molar-refractivity contribution >= 4 is 62.6 Å². The normalized spacial score (nSPS) is 14.9. The number of fused-ring (bicyclic) bond motifs is 4. The topological polar surface area (TPSA) is 45.9 Å². The second-order valence-corrected chi connectivity index (χ2v) is 17.0. The van der Waals surface area contributed by atoms with E-state index in [-0.39, 0.29) is 38.9 Å². The fourth-order valence-electron chi connectivity index (χ4n) is 9.74. The number of imidazole rings is 1. The number of pyridine rings is 2. The van der Waals surface area contributed by atoms with Gasteiger partial charge in [0.05, 0.1) is 17.0 Å². The van der Waals surface area contributed by atoms with E-state index in [0.29, 0.717) is 11.5 Å². The number of ether oxygens (including phenoxy) is 1. The number of rotatable bonds is 6. The van der Waals surface area contributed by atoms with Gasteiger partial charge in [-0.2, -0.15) is 6.07 Å². The number of hydrogen-bond donors (Lipinski definition) is 0. The maximum atomic E-state index is 6.76. The van der Waals surface area contributed by atoms with Gasteiger partial charge in [-0.05, 0) is 54.5 Å². The first-order valence-electron chi connectivity index (χ1n) is 20.4. The Bertz CT molecular complexity index is 3120. The van der Waals surface area contributed by atoms with Crippen molar-refractivity contribution in [3.05, 3.63) is 180 Å². The first-order chi connectivity index (χ1) is 28.6. The number of benzene rings is 6. The summed E-state index contributed by atoms with van der Waals surface area (Å²) >= 11 is 0. The third-order valence-electron chi connectivity index (χ3n) is 13.3. The Labute approximate surface area is 365 Å². The molecule has 0 saturated carbocycles. The van der Waals surface area contributed by atoms with Gasteiger partial charge in [-0.15, -0.1) is 30.3 Å². The molecule has 0 bridgehead atoms. The van der Waals surface area contributed by atoms with Crippen LogP contribution >= 0.6 is 0 Å². The van der Waals surface area contributed by atoms with Crippen molar-refractivity contribution < 1.29 is 25.8 Å². The van der Waals surface area contributed by atoms with Crippen molar-refractivity contribution in [3.63, 3.8) is 0 Å². The molecular weight excluding hydrogens is 916 g/mol. The van der Waals surface area contributed by atoms with Gasteiger partial charge in [0.15, 0.2) is 0 Å². The van der Waals surface area contributed by atoms with Crippen LogP contribution in [0, 0.1) is 26.0 Å². The van der Waals surface area contributed by atoms with Crippen LogP contribution in [0.5, 0.6) is 11.5 Å². The quantitative estimate of drug-likeness (QED) is 0.0944. The summed E-state index contributed by atoms with van der Waals surface area (Å²) in [6, 6.07) is 56.2. The first kappa shape index (κ1) is 38.1. The predicted molar refractivity (Wildman–Crippen MR) is 242 cm³/mol. The minimum atomic E-state index is -0.232. The molecule has 0 atom stereocenters. The second-order valence-electron chi connectivity index (χ2n) is 17.0. The molecule has 2 aliphatic rings. The minimum Gasteiger partial charge on any atom is -0.503 e. The van der Waals surface area contributed by atoms with E-state index < -0.39 is 0 Å². The Kier molecular flexibility index (Phi) is 8.86. The summed E-state index contributed by atoms with van der Waals surface area (Å²) in [4.78, 5) is 15.2. The molecule has 8 heteroatoms. The second kappa shape index (κ2) is 14.0. The SMILES string of the molecule is Cc1cccc(C)c1B1N(c2ccccc2)c2cccnc2N1c1[c-]c(Oc2[c-]c3c(cc2)c2cccc4c2n2c(c(-c5ccccc5)nc32)C(C)(C)C4(C)C)ccc1.[Pt+2]. The summed E-state index contributed by atoms with van der Waals surface area (Å²) in [5, 5.41) is 3.21.